The molecule has 0 unspecified atom stereocenters. The Labute approximate surface area is 303 Å². The molecule has 0 saturated carbocycles. The van der Waals surface area contributed by atoms with Crippen LogP contribution in [0.1, 0.15) is 73.4 Å². The van der Waals surface area contributed by atoms with Gasteiger partial charge in [-0.3, -0.25) is 4.98 Å². The molecule has 0 saturated heterocycles. The SMILES string of the molecule is CC(C)C.CC(C)C.Cc1cc(CN(C)C(=O)OC(C)(C)C)ccc1-c1nnco1.Nc1cnc(-c2ccc(=O)oc2)cn1.O=C(O)O.O=C(O)O. The van der Waals surface area contributed by atoms with E-state index in [0.29, 0.717) is 29.5 Å². The van der Waals surface area contributed by atoms with E-state index >= 15 is 0 Å². The van der Waals surface area contributed by atoms with Gasteiger partial charge in [-0.15, -0.1) is 10.2 Å². The van der Waals surface area contributed by atoms with Crippen molar-refractivity contribution in [3.05, 3.63) is 76.9 Å². The summed E-state index contributed by atoms with van der Waals surface area (Å²) in [5.74, 6) is 2.51. The van der Waals surface area contributed by atoms with Crippen molar-refractivity contribution >= 4 is 24.2 Å². The number of hydrogen-bond donors (Lipinski definition) is 5. The van der Waals surface area contributed by atoms with E-state index in [0.717, 1.165) is 28.5 Å². The van der Waals surface area contributed by atoms with E-state index in [1.165, 1.54) is 31.1 Å². The van der Waals surface area contributed by atoms with Gasteiger partial charge in [0.1, 0.15) is 17.7 Å². The van der Waals surface area contributed by atoms with Gasteiger partial charge in [0.05, 0.1) is 18.1 Å². The van der Waals surface area contributed by atoms with E-state index in [9.17, 15) is 9.59 Å². The van der Waals surface area contributed by atoms with Crippen LogP contribution in [-0.4, -0.2) is 76.5 Å². The predicted molar refractivity (Wildman–Crippen MR) is 195 cm³/mol. The van der Waals surface area contributed by atoms with Crippen molar-refractivity contribution < 1.29 is 48.4 Å². The molecule has 0 aliphatic heterocycles. The number of nitrogens with two attached hydrogens (primary N) is 1. The number of ether oxygens (including phenoxy) is 1. The molecule has 52 heavy (non-hydrogen) atoms. The predicted octanol–water partition coefficient (Wildman–Crippen LogP) is 7.86. The number of benzene rings is 1. The Morgan fingerprint density at radius 3 is 1.81 bits per heavy atom. The van der Waals surface area contributed by atoms with Crippen molar-refractivity contribution in [2.24, 2.45) is 11.8 Å². The molecule has 0 bridgehead atoms. The van der Waals surface area contributed by atoms with Gasteiger partial charge in [0, 0.05) is 30.8 Å². The third-order valence-electron chi connectivity index (χ3n) is 4.67. The number of carboxylic acid groups (broad SMARTS) is 4. The molecule has 0 aliphatic rings. The van der Waals surface area contributed by atoms with Gasteiger partial charge < -0.3 is 44.6 Å². The molecule has 0 atom stereocenters. The highest BCUT2D eigenvalue weighted by molar-refractivity contribution is 5.68. The second-order valence-electron chi connectivity index (χ2n) is 12.9. The Hall–Kier alpha value is -6.00. The summed E-state index contributed by atoms with van der Waals surface area (Å²) in [7, 11) is 1.72. The molecule has 3 aromatic heterocycles. The maximum Gasteiger partial charge on any atom is 0.503 e. The molecule has 0 fully saturated rings. The van der Waals surface area contributed by atoms with E-state index in [4.69, 9.17) is 44.9 Å². The van der Waals surface area contributed by atoms with Crippen molar-refractivity contribution in [1.29, 1.82) is 0 Å². The topological polar surface area (TPSA) is 266 Å². The summed E-state index contributed by atoms with van der Waals surface area (Å²) in [5.41, 5.74) is 8.71. The smallest absolute Gasteiger partial charge is 0.450 e. The lowest BCUT2D eigenvalue weighted by Gasteiger charge is -2.24. The normalized spacial score (nSPS) is 9.79. The molecular formula is C35H52N6O11. The lowest BCUT2D eigenvalue weighted by molar-refractivity contribution is 0.0284. The molecule has 1 aromatic carbocycles. The lowest BCUT2D eigenvalue weighted by Crippen LogP contribution is -2.33. The van der Waals surface area contributed by atoms with Gasteiger partial charge in [-0.1, -0.05) is 53.7 Å². The fourth-order valence-corrected chi connectivity index (χ4v) is 3.02. The third-order valence-corrected chi connectivity index (χ3v) is 4.67. The van der Waals surface area contributed by atoms with Gasteiger partial charge in [0.25, 0.3) is 0 Å². The van der Waals surface area contributed by atoms with Gasteiger partial charge in [-0.25, -0.2) is 24.2 Å². The largest absolute Gasteiger partial charge is 0.503 e. The van der Waals surface area contributed by atoms with Crippen LogP contribution < -0.4 is 11.4 Å². The van der Waals surface area contributed by atoms with E-state index < -0.39 is 23.5 Å². The summed E-state index contributed by atoms with van der Waals surface area (Å²) in [6.07, 6.45) is 1.60. The second kappa shape index (κ2) is 25.0. The summed E-state index contributed by atoms with van der Waals surface area (Å²) in [4.78, 5) is 49.2. The Kier molecular flexibility index (Phi) is 23.2. The van der Waals surface area contributed by atoms with Crippen molar-refractivity contribution in [3.8, 4) is 22.7 Å². The van der Waals surface area contributed by atoms with E-state index in [-0.39, 0.29) is 6.09 Å². The van der Waals surface area contributed by atoms with Crippen LogP contribution >= 0.6 is 0 Å². The summed E-state index contributed by atoms with van der Waals surface area (Å²) in [6.45, 7) is 21.0. The number of amides is 1. The molecular weight excluding hydrogens is 680 g/mol. The quantitative estimate of drug-likeness (QED) is 0.134. The minimum absolute atomic E-state index is 0.342. The monoisotopic (exact) mass is 732 g/mol. The zero-order valence-corrected chi connectivity index (χ0v) is 31.5. The Balaban J connectivity index is 0. The summed E-state index contributed by atoms with van der Waals surface area (Å²) in [6, 6.07) is 8.80. The number of nitrogen functional groups attached to an aromatic ring is 1. The summed E-state index contributed by atoms with van der Waals surface area (Å²) in [5, 5.41) is 35.5. The van der Waals surface area contributed by atoms with Gasteiger partial charge >= 0.3 is 24.0 Å². The number of hydrogen-bond acceptors (Lipinski definition) is 12. The highest BCUT2D eigenvalue weighted by atomic mass is 16.6. The van der Waals surface area contributed by atoms with Gasteiger partial charge in [-0.2, -0.15) is 0 Å². The molecule has 0 spiro atoms. The Morgan fingerprint density at radius 1 is 0.885 bits per heavy atom. The molecule has 17 nitrogen and oxygen atoms in total. The molecule has 17 heteroatoms. The molecule has 288 valence electrons. The van der Waals surface area contributed by atoms with Crippen molar-refractivity contribution in [3.63, 3.8) is 0 Å². The van der Waals surface area contributed by atoms with Crippen molar-refractivity contribution in [2.75, 3.05) is 12.8 Å². The van der Waals surface area contributed by atoms with Crippen LogP contribution in [0.25, 0.3) is 22.7 Å². The zero-order valence-electron chi connectivity index (χ0n) is 31.5. The number of rotatable bonds is 4. The first-order chi connectivity index (χ1) is 23.9. The van der Waals surface area contributed by atoms with Crippen LogP contribution in [-0.2, 0) is 11.3 Å². The van der Waals surface area contributed by atoms with Crippen LogP contribution in [0.4, 0.5) is 20.2 Å². The summed E-state index contributed by atoms with van der Waals surface area (Å²) < 4.78 is 15.2. The van der Waals surface area contributed by atoms with Gasteiger partial charge in [0.2, 0.25) is 12.3 Å². The van der Waals surface area contributed by atoms with Gasteiger partial charge in [0.15, 0.2) is 0 Å². The summed E-state index contributed by atoms with van der Waals surface area (Å²) >= 11 is 0. The Morgan fingerprint density at radius 2 is 1.42 bits per heavy atom. The molecule has 4 aromatic rings. The van der Waals surface area contributed by atoms with E-state index in [2.05, 4.69) is 66.1 Å². The van der Waals surface area contributed by atoms with Crippen LogP contribution in [0.15, 0.2) is 69.0 Å². The lowest BCUT2D eigenvalue weighted by atomic mass is 10.0. The van der Waals surface area contributed by atoms with E-state index in [1.807, 2.05) is 45.9 Å². The van der Waals surface area contributed by atoms with Crippen LogP contribution in [0.5, 0.6) is 0 Å². The fourth-order valence-electron chi connectivity index (χ4n) is 3.02. The highest BCUT2D eigenvalue weighted by Crippen LogP contribution is 2.23. The first-order valence-corrected chi connectivity index (χ1v) is 15.8. The molecule has 4 rings (SSSR count). The highest BCUT2D eigenvalue weighted by Gasteiger charge is 2.20. The van der Waals surface area contributed by atoms with Crippen molar-refractivity contribution in [1.82, 2.24) is 25.1 Å². The molecule has 1 amide bonds. The van der Waals surface area contributed by atoms with Crippen LogP contribution in [0, 0.1) is 18.8 Å². The number of nitrogens with zero attached hydrogens (tertiary/aromatic N) is 5. The minimum atomic E-state index is -1.83. The maximum atomic E-state index is 12.0. The zero-order chi connectivity index (χ0) is 40.6. The second-order valence-corrected chi connectivity index (χ2v) is 12.9. The average Bonchev–Trinajstić information content (AvgIpc) is 3.51. The number of aromatic nitrogens is 4. The standard InChI is InChI=1S/C16H21N3O3.C9H7N3O2.2C4H10.2CH2O3/c1-11-8-12(6-7-13(11)14-18-17-10-21-14)9-19(5)15(20)22-16(2,3)4;10-8-4-11-7(3-12-8)6-1-2-9(13)14-5-6;2*1-4(2)3;2*2-1(3)4/h6-8,10H,9H2,1-5H3;1-5H,(H2,10,12);2*4H,1-3H3;2*(H2,2,3,4). The maximum absolute atomic E-state index is 12.0. The van der Waals surface area contributed by atoms with Crippen molar-refractivity contribution in [2.45, 2.75) is 81.4 Å². The molecule has 6 N–H and O–H groups in total. The van der Waals surface area contributed by atoms with Crippen LogP contribution in [0.2, 0.25) is 0 Å². The first-order valence-electron chi connectivity index (χ1n) is 15.8. The molecule has 3 heterocycles. The van der Waals surface area contributed by atoms with E-state index in [1.54, 1.807) is 18.0 Å². The number of carbonyl (C=O) groups is 3. The number of anilines is 1. The molecule has 0 radical (unpaired) electrons. The Bertz CT molecular complexity index is 1600. The molecule has 0 aliphatic carbocycles. The van der Waals surface area contributed by atoms with Crippen LogP contribution in [0.3, 0.4) is 0 Å². The minimum Gasteiger partial charge on any atom is -0.450 e. The number of aryl methyl sites for hydroxylation is 1. The average molecular weight is 733 g/mol. The fraction of sp³-hybridized carbons (Fsp3) is 0.429. The number of carbonyl (C=O) groups excluding carboxylic acids is 1. The third kappa shape index (κ3) is 26.9. The van der Waals surface area contributed by atoms with Gasteiger partial charge in [-0.05, 0) is 62.8 Å². The first kappa shape index (κ1) is 48.1.